The van der Waals surface area contributed by atoms with Gasteiger partial charge in [-0.1, -0.05) is 13.8 Å². The molecule has 3 nitrogen and oxygen atoms in total. The van der Waals surface area contributed by atoms with Gasteiger partial charge in [-0.2, -0.15) is 5.26 Å². The summed E-state index contributed by atoms with van der Waals surface area (Å²) in [6.45, 7) is 8.57. The molecule has 1 aliphatic rings. The van der Waals surface area contributed by atoms with Gasteiger partial charge in [0, 0.05) is 18.8 Å². The van der Waals surface area contributed by atoms with E-state index in [9.17, 15) is 0 Å². The molecule has 0 saturated carbocycles. The van der Waals surface area contributed by atoms with Crippen LogP contribution in [-0.4, -0.2) is 18.1 Å². The smallest absolute Gasteiger partial charge is 0.146 e. The fourth-order valence-electron chi connectivity index (χ4n) is 2.33. The zero-order chi connectivity index (χ0) is 12.4. The van der Waals surface area contributed by atoms with Gasteiger partial charge in [0.05, 0.1) is 5.56 Å². The van der Waals surface area contributed by atoms with Crippen molar-refractivity contribution >= 4 is 5.82 Å². The summed E-state index contributed by atoms with van der Waals surface area (Å²) in [4.78, 5) is 6.79. The van der Waals surface area contributed by atoms with Gasteiger partial charge in [-0.25, -0.2) is 4.98 Å². The molecule has 1 fully saturated rings. The average Bonchev–Trinajstić information content (AvgIpc) is 2.32. The van der Waals surface area contributed by atoms with Crippen LogP contribution in [0.15, 0.2) is 12.1 Å². The highest BCUT2D eigenvalue weighted by Crippen LogP contribution is 2.27. The van der Waals surface area contributed by atoms with Crippen LogP contribution in [-0.2, 0) is 0 Å². The van der Waals surface area contributed by atoms with Gasteiger partial charge < -0.3 is 4.90 Å². The molecule has 2 rings (SSSR count). The zero-order valence-electron chi connectivity index (χ0n) is 10.8. The van der Waals surface area contributed by atoms with E-state index in [0.29, 0.717) is 11.5 Å². The largest absolute Gasteiger partial charge is 0.355 e. The van der Waals surface area contributed by atoms with E-state index in [2.05, 4.69) is 29.8 Å². The number of pyridine rings is 1. The summed E-state index contributed by atoms with van der Waals surface area (Å²) in [6.07, 6.45) is 1.18. The number of anilines is 1. The number of aromatic nitrogens is 1. The highest BCUT2D eigenvalue weighted by Gasteiger charge is 2.24. The molecule has 0 bridgehead atoms. The maximum Gasteiger partial charge on any atom is 0.146 e. The molecule has 0 N–H and O–H groups in total. The van der Waals surface area contributed by atoms with Crippen LogP contribution in [0.3, 0.4) is 0 Å². The molecule has 2 heterocycles. The first-order chi connectivity index (χ1) is 8.11. The molecule has 0 spiro atoms. The minimum atomic E-state index is 0.664. The van der Waals surface area contributed by atoms with Crippen LogP contribution >= 0.6 is 0 Å². The Bertz CT molecular complexity index is 447. The lowest BCUT2D eigenvalue weighted by molar-refractivity contribution is 0.322. The fraction of sp³-hybridized carbons (Fsp3) is 0.571. The average molecular weight is 229 g/mol. The Morgan fingerprint density at radius 3 is 2.76 bits per heavy atom. The molecule has 2 unspecified atom stereocenters. The molecule has 90 valence electrons. The summed E-state index contributed by atoms with van der Waals surface area (Å²) in [6, 6.07) is 6.02. The second-order valence-corrected chi connectivity index (χ2v) is 5.12. The number of rotatable bonds is 1. The minimum absolute atomic E-state index is 0.664. The molecule has 1 aromatic heterocycles. The van der Waals surface area contributed by atoms with E-state index in [0.717, 1.165) is 30.5 Å². The predicted molar refractivity (Wildman–Crippen MR) is 68.8 cm³/mol. The number of nitriles is 1. The van der Waals surface area contributed by atoms with Crippen LogP contribution in [0.1, 0.15) is 31.5 Å². The van der Waals surface area contributed by atoms with Gasteiger partial charge in [0.15, 0.2) is 0 Å². The highest BCUT2D eigenvalue weighted by atomic mass is 15.2. The number of nitrogens with zero attached hydrogens (tertiary/aromatic N) is 3. The summed E-state index contributed by atoms with van der Waals surface area (Å²) in [5.74, 6) is 2.30. The number of aryl methyl sites for hydroxylation is 1. The van der Waals surface area contributed by atoms with Gasteiger partial charge in [0.25, 0.3) is 0 Å². The van der Waals surface area contributed by atoms with Crippen molar-refractivity contribution in [1.82, 2.24) is 4.98 Å². The molecule has 2 atom stereocenters. The monoisotopic (exact) mass is 229 g/mol. The van der Waals surface area contributed by atoms with E-state index < -0.39 is 0 Å². The Morgan fingerprint density at radius 1 is 1.35 bits per heavy atom. The summed E-state index contributed by atoms with van der Waals surface area (Å²) >= 11 is 0. The molecule has 0 aromatic carbocycles. The van der Waals surface area contributed by atoms with Crippen molar-refractivity contribution in [1.29, 1.82) is 5.26 Å². The van der Waals surface area contributed by atoms with Crippen molar-refractivity contribution in [3.8, 4) is 6.07 Å². The molecule has 0 amide bonds. The third kappa shape index (κ3) is 2.41. The number of hydrogen-bond donors (Lipinski definition) is 0. The quantitative estimate of drug-likeness (QED) is 0.743. The van der Waals surface area contributed by atoms with Gasteiger partial charge >= 0.3 is 0 Å². The first kappa shape index (κ1) is 11.9. The Balaban J connectivity index is 2.28. The highest BCUT2D eigenvalue weighted by molar-refractivity contribution is 5.54. The molecular formula is C14H19N3. The Hall–Kier alpha value is -1.56. The van der Waals surface area contributed by atoms with E-state index in [1.54, 1.807) is 0 Å². The van der Waals surface area contributed by atoms with E-state index in [1.165, 1.54) is 6.42 Å². The van der Waals surface area contributed by atoms with Crippen LogP contribution in [0.2, 0.25) is 0 Å². The summed E-state index contributed by atoms with van der Waals surface area (Å²) in [5, 5.41) is 9.14. The lowest BCUT2D eigenvalue weighted by atomic mass is 9.88. The summed E-state index contributed by atoms with van der Waals surface area (Å²) in [5.41, 5.74) is 1.67. The van der Waals surface area contributed by atoms with E-state index in [4.69, 9.17) is 5.26 Å². The second-order valence-electron chi connectivity index (χ2n) is 5.12. The Morgan fingerprint density at radius 2 is 2.12 bits per heavy atom. The zero-order valence-corrected chi connectivity index (χ0v) is 10.8. The molecule has 0 aliphatic carbocycles. The van der Waals surface area contributed by atoms with Crippen molar-refractivity contribution in [2.24, 2.45) is 11.8 Å². The van der Waals surface area contributed by atoms with E-state index in [-0.39, 0.29) is 0 Å². The minimum Gasteiger partial charge on any atom is -0.355 e. The normalized spacial score (nSPS) is 24.5. The van der Waals surface area contributed by atoms with Crippen LogP contribution in [0.25, 0.3) is 0 Å². The molecular weight excluding hydrogens is 210 g/mol. The van der Waals surface area contributed by atoms with Crippen molar-refractivity contribution in [3.63, 3.8) is 0 Å². The van der Waals surface area contributed by atoms with E-state index in [1.807, 2.05) is 19.1 Å². The van der Waals surface area contributed by atoms with Crippen molar-refractivity contribution in [3.05, 3.63) is 23.4 Å². The van der Waals surface area contributed by atoms with E-state index >= 15 is 0 Å². The number of piperidine rings is 1. The first-order valence-electron chi connectivity index (χ1n) is 6.24. The lowest BCUT2D eigenvalue weighted by Crippen LogP contribution is -2.39. The molecule has 1 saturated heterocycles. The second kappa shape index (κ2) is 4.75. The third-order valence-corrected chi connectivity index (χ3v) is 3.77. The summed E-state index contributed by atoms with van der Waals surface area (Å²) < 4.78 is 0. The first-order valence-corrected chi connectivity index (χ1v) is 6.24. The molecule has 0 radical (unpaired) electrons. The molecule has 1 aliphatic heterocycles. The van der Waals surface area contributed by atoms with Gasteiger partial charge in [0.1, 0.15) is 11.9 Å². The van der Waals surface area contributed by atoms with Crippen LogP contribution < -0.4 is 4.90 Å². The SMILES string of the molecule is Cc1ccc(C#N)c(N2CCC(C)C(C)C2)n1. The van der Waals surface area contributed by atoms with Gasteiger partial charge in [-0.05, 0) is 37.3 Å². The van der Waals surface area contributed by atoms with Crippen molar-refractivity contribution in [2.45, 2.75) is 27.2 Å². The Kier molecular flexibility index (Phi) is 3.33. The van der Waals surface area contributed by atoms with Crippen LogP contribution in [0.5, 0.6) is 0 Å². The molecule has 3 heteroatoms. The van der Waals surface area contributed by atoms with Gasteiger partial charge in [-0.15, -0.1) is 0 Å². The molecule has 17 heavy (non-hydrogen) atoms. The van der Waals surface area contributed by atoms with Crippen LogP contribution in [0, 0.1) is 30.1 Å². The van der Waals surface area contributed by atoms with Gasteiger partial charge in [0.2, 0.25) is 0 Å². The molecule has 1 aromatic rings. The predicted octanol–water partition coefficient (Wildman–Crippen LogP) is 2.74. The third-order valence-electron chi connectivity index (χ3n) is 3.77. The van der Waals surface area contributed by atoms with Crippen LogP contribution in [0.4, 0.5) is 5.82 Å². The Labute approximate surface area is 103 Å². The standard InChI is InChI=1S/C14H19N3/c1-10-6-7-17(9-11(10)2)14-13(8-15)5-4-12(3)16-14/h4-5,10-11H,6-7,9H2,1-3H3. The lowest BCUT2D eigenvalue weighted by Gasteiger charge is -2.36. The maximum absolute atomic E-state index is 9.14. The van der Waals surface area contributed by atoms with Crippen molar-refractivity contribution < 1.29 is 0 Å². The number of hydrogen-bond acceptors (Lipinski definition) is 3. The topological polar surface area (TPSA) is 39.9 Å². The maximum atomic E-state index is 9.14. The van der Waals surface area contributed by atoms with Crippen molar-refractivity contribution in [2.75, 3.05) is 18.0 Å². The fourth-order valence-corrected chi connectivity index (χ4v) is 2.33. The van der Waals surface area contributed by atoms with Gasteiger partial charge in [-0.3, -0.25) is 0 Å². The summed E-state index contributed by atoms with van der Waals surface area (Å²) in [7, 11) is 0.